The first kappa shape index (κ1) is 17.9. The van der Waals surface area contributed by atoms with E-state index in [1.807, 2.05) is 21.9 Å². The van der Waals surface area contributed by atoms with Crippen LogP contribution in [0.5, 0.6) is 0 Å². The van der Waals surface area contributed by atoms with Gasteiger partial charge in [-0.25, -0.2) is 0 Å². The summed E-state index contributed by atoms with van der Waals surface area (Å²) in [5.74, 6) is 0.0285. The summed E-state index contributed by atoms with van der Waals surface area (Å²) in [5.41, 5.74) is 3.47. The number of rotatable bonds is 2. The highest BCUT2D eigenvalue weighted by Crippen LogP contribution is 2.28. The quantitative estimate of drug-likeness (QED) is 0.861. The molecule has 1 aromatic carbocycles. The SMILES string of the molecule is CC(=O)N1CCN(CC(=O)N2CCCc3cc(C)ccc32)C[C@H](O)C1. The summed E-state index contributed by atoms with van der Waals surface area (Å²) < 4.78 is 0. The van der Waals surface area contributed by atoms with Crippen molar-refractivity contribution in [2.24, 2.45) is 0 Å². The lowest BCUT2D eigenvalue weighted by molar-refractivity contribution is -0.129. The number of amides is 2. The van der Waals surface area contributed by atoms with Crippen LogP contribution in [0.1, 0.15) is 24.5 Å². The number of aliphatic hydroxyl groups excluding tert-OH is 1. The average molecular weight is 345 g/mol. The van der Waals surface area contributed by atoms with Crippen molar-refractivity contribution < 1.29 is 14.7 Å². The standard InChI is InChI=1S/C19H27N3O3/c1-14-5-6-18-16(10-14)4-3-7-22(18)19(25)13-20-8-9-21(15(2)23)12-17(24)11-20/h5-6,10,17,24H,3-4,7-9,11-13H2,1-2H3/t17-/m0/s1. The van der Waals surface area contributed by atoms with Crippen molar-refractivity contribution in [3.63, 3.8) is 0 Å². The van der Waals surface area contributed by atoms with Crippen molar-refractivity contribution >= 4 is 17.5 Å². The Morgan fingerprint density at radius 1 is 1.20 bits per heavy atom. The minimum absolute atomic E-state index is 0.0347. The van der Waals surface area contributed by atoms with Crippen LogP contribution >= 0.6 is 0 Å². The fourth-order valence-corrected chi connectivity index (χ4v) is 3.75. The zero-order valence-corrected chi connectivity index (χ0v) is 15.1. The topological polar surface area (TPSA) is 64.1 Å². The van der Waals surface area contributed by atoms with E-state index in [2.05, 4.69) is 13.0 Å². The molecule has 2 aliphatic rings. The summed E-state index contributed by atoms with van der Waals surface area (Å²) in [6.07, 6.45) is 1.37. The van der Waals surface area contributed by atoms with Crippen LogP contribution < -0.4 is 4.90 Å². The van der Waals surface area contributed by atoms with Crippen molar-refractivity contribution in [1.82, 2.24) is 9.80 Å². The molecule has 2 amide bonds. The molecule has 0 bridgehead atoms. The van der Waals surface area contributed by atoms with Crippen LogP contribution in [-0.4, -0.2) is 72.1 Å². The molecule has 136 valence electrons. The third-order valence-electron chi connectivity index (χ3n) is 5.05. The maximum Gasteiger partial charge on any atom is 0.241 e. The molecule has 0 radical (unpaired) electrons. The first-order chi connectivity index (χ1) is 11.9. The number of aliphatic hydroxyl groups is 1. The Hall–Kier alpha value is -1.92. The first-order valence-corrected chi connectivity index (χ1v) is 9.00. The van der Waals surface area contributed by atoms with Gasteiger partial charge in [-0.1, -0.05) is 17.7 Å². The molecular formula is C19H27N3O3. The van der Waals surface area contributed by atoms with Gasteiger partial charge in [-0.2, -0.15) is 0 Å². The Morgan fingerprint density at radius 3 is 2.76 bits per heavy atom. The molecule has 1 N–H and O–H groups in total. The molecule has 25 heavy (non-hydrogen) atoms. The second-order valence-electron chi connectivity index (χ2n) is 7.14. The maximum atomic E-state index is 12.9. The Labute approximate surface area is 149 Å². The molecule has 0 spiro atoms. The summed E-state index contributed by atoms with van der Waals surface area (Å²) in [4.78, 5) is 29.9. The third-order valence-corrected chi connectivity index (χ3v) is 5.05. The number of aryl methyl sites for hydroxylation is 2. The van der Waals surface area contributed by atoms with E-state index >= 15 is 0 Å². The molecule has 0 aromatic heterocycles. The number of anilines is 1. The van der Waals surface area contributed by atoms with Crippen LogP contribution in [0.4, 0.5) is 5.69 Å². The smallest absolute Gasteiger partial charge is 0.241 e. The van der Waals surface area contributed by atoms with Gasteiger partial charge in [0.2, 0.25) is 11.8 Å². The van der Waals surface area contributed by atoms with E-state index in [9.17, 15) is 14.7 Å². The van der Waals surface area contributed by atoms with Crippen LogP contribution in [0.3, 0.4) is 0 Å². The van der Waals surface area contributed by atoms with Crippen molar-refractivity contribution in [2.75, 3.05) is 44.2 Å². The molecule has 1 aromatic rings. The molecule has 1 fully saturated rings. The van der Waals surface area contributed by atoms with Gasteiger partial charge in [0.15, 0.2) is 0 Å². The van der Waals surface area contributed by atoms with Gasteiger partial charge < -0.3 is 14.9 Å². The van der Waals surface area contributed by atoms with Gasteiger partial charge in [0, 0.05) is 45.3 Å². The summed E-state index contributed by atoms with van der Waals surface area (Å²) >= 11 is 0. The second kappa shape index (κ2) is 7.54. The van der Waals surface area contributed by atoms with E-state index < -0.39 is 6.10 Å². The summed E-state index contributed by atoms with van der Waals surface area (Å²) in [5, 5.41) is 10.1. The van der Waals surface area contributed by atoms with Crippen molar-refractivity contribution in [3.8, 4) is 0 Å². The maximum absolute atomic E-state index is 12.9. The monoisotopic (exact) mass is 345 g/mol. The van der Waals surface area contributed by atoms with Gasteiger partial charge in [-0.15, -0.1) is 0 Å². The highest BCUT2D eigenvalue weighted by Gasteiger charge is 2.27. The minimum Gasteiger partial charge on any atom is -0.390 e. The first-order valence-electron chi connectivity index (χ1n) is 9.00. The minimum atomic E-state index is -0.615. The number of fused-ring (bicyclic) bond motifs is 1. The van der Waals surface area contributed by atoms with Gasteiger partial charge in [0.25, 0.3) is 0 Å². The van der Waals surface area contributed by atoms with E-state index in [4.69, 9.17) is 0 Å². The molecule has 6 nitrogen and oxygen atoms in total. The number of carbonyl (C=O) groups excluding carboxylic acids is 2. The van der Waals surface area contributed by atoms with E-state index in [-0.39, 0.29) is 18.4 Å². The van der Waals surface area contributed by atoms with Crippen molar-refractivity contribution in [1.29, 1.82) is 0 Å². The van der Waals surface area contributed by atoms with E-state index in [0.717, 1.165) is 25.1 Å². The summed E-state index contributed by atoms with van der Waals surface area (Å²) in [7, 11) is 0. The van der Waals surface area contributed by atoms with Crippen LogP contribution in [-0.2, 0) is 16.0 Å². The lowest BCUT2D eigenvalue weighted by atomic mass is 9.99. The summed E-state index contributed by atoms with van der Waals surface area (Å²) in [6.45, 7) is 6.52. The molecular weight excluding hydrogens is 318 g/mol. The van der Waals surface area contributed by atoms with Gasteiger partial charge in [0.05, 0.1) is 12.6 Å². The lowest BCUT2D eigenvalue weighted by Crippen LogP contribution is -2.45. The second-order valence-corrected chi connectivity index (χ2v) is 7.14. The van der Waals surface area contributed by atoms with E-state index in [1.54, 1.807) is 4.90 Å². The van der Waals surface area contributed by atoms with Crippen LogP contribution in [0.15, 0.2) is 18.2 Å². The van der Waals surface area contributed by atoms with Crippen molar-refractivity contribution in [3.05, 3.63) is 29.3 Å². The number of nitrogens with zero attached hydrogens (tertiary/aromatic N) is 3. The van der Waals surface area contributed by atoms with Crippen LogP contribution in [0.25, 0.3) is 0 Å². The number of benzene rings is 1. The molecule has 6 heteroatoms. The number of β-amino-alcohol motifs (C(OH)–C–C–N with tert-alkyl or cyclic N) is 1. The average Bonchev–Trinajstić information content (AvgIpc) is 2.75. The number of hydrogen-bond acceptors (Lipinski definition) is 4. The molecule has 2 heterocycles. The molecule has 0 aliphatic carbocycles. The molecule has 2 aliphatic heterocycles. The Balaban J connectivity index is 1.68. The third kappa shape index (κ3) is 4.19. The number of hydrogen-bond donors (Lipinski definition) is 1. The Morgan fingerprint density at radius 2 is 2.00 bits per heavy atom. The highest BCUT2D eigenvalue weighted by molar-refractivity contribution is 5.96. The van der Waals surface area contributed by atoms with Gasteiger partial charge in [0.1, 0.15) is 0 Å². The lowest BCUT2D eigenvalue weighted by Gasteiger charge is -2.32. The molecule has 3 rings (SSSR count). The largest absolute Gasteiger partial charge is 0.390 e. The highest BCUT2D eigenvalue weighted by atomic mass is 16.3. The predicted molar refractivity (Wildman–Crippen MR) is 96.6 cm³/mol. The molecule has 0 saturated carbocycles. The molecule has 1 atom stereocenters. The van der Waals surface area contributed by atoms with E-state index in [0.29, 0.717) is 26.2 Å². The zero-order chi connectivity index (χ0) is 18.0. The van der Waals surface area contributed by atoms with Gasteiger partial charge in [-0.3, -0.25) is 14.5 Å². The molecule has 1 saturated heterocycles. The van der Waals surface area contributed by atoms with Gasteiger partial charge >= 0.3 is 0 Å². The Bertz CT molecular complexity index is 661. The summed E-state index contributed by atoms with van der Waals surface area (Å²) in [6, 6.07) is 6.25. The van der Waals surface area contributed by atoms with E-state index in [1.165, 1.54) is 18.1 Å². The number of carbonyl (C=O) groups is 2. The van der Waals surface area contributed by atoms with Gasteiger partial charge in [-0.05, 0) is 31.4 Å². The fourth-order valence-electron chi connectivity index (χ4n) is 3.75. The fraction of sp³-hybridized carbons (Fsp3) is 0.579. The normalized spacial score (nSPS) is 21.6. The van der Waals surface area contributed by atoms with Crippen molar-refractivity contribution in [2.45, 2.75) is 32.8 Å². The Kier molecular flexibility index (Phi) is 5.39. The zero-order valence-electron chi connectivity index (χ0n) is 15.1. The predicted octanol–water partition coefficient (Wildman–Crippen LogP) is 0.799. The van der Waals surface area contributed by atoms with Crippen LogP contribution in [0, 0.1) is 6.92 Å². The molecule has 0 unspecified atom stereocenters. The van der Waals surface area contributed by atoms with Crippen LogP contribution in [0.2, 0.25) is 0 Å².